The second-order valence-corrected chi connectivity index (χ2v) is 10.4. The topological polar surface area (TPSA) is 75.5 Å². The Morgan fingerprint density at radius 1 is 1.17 bits per heavy atom. The highest BCUT2D eigenvalue weighted by Crippen LogP contribution is 2.28. The lowest BCUT2D eigenvalue weighted by Gasteiger charge is -2.33. The fourth-order valence-electron chi connectivity index (χ4n) is 3.60. The van der Waals surface area contributed by atoms with Crippen molar-refractivity contribution in [1.82, 2.24) is 19.8 Å². The molecule has 0 saturated carbocycles. The van der Waals surface area contributed by atoms with E-state index in [0.29, 0.717) is 17.8 Å². The number of hydrogen-bond donors (Lipinski definition) is 0. The van der Waals surface area contributed by atoms with E-state index in [1.807, 2.05) is 47.8 Å². The third-order valence-electron chi connectivity index (χ3n) is 4.90. The molecular weight excluding hydrogens is 408 g/mol. The van der Waals surface area contributed by atoms with Crippen LogP contribution in [0.15, 0.2) is 53.9 Å². The van der Waals surface area contributed by atoms with E-state index < -0.39 is 9.84 Å². The minimum Gasteiger partial charge on any atom is -0.266 e. The number of benzene rings is 1. The first-order valence-electron chi connectivity index (χ1n) is 9.26. The molecule has 1 saturated heterocycles. The van der Waals surface area contributed by atoms with E-state index in [-0.39, 0.29) is 23.5 Å². The molecule has 3 aromatic rings. The Hall–Kier alpha value is -2.49. The molecule has 1 amide bonds. The quantitative estimate of drug-likeness (QED) is 0.582. The van der Waals surface area contributed by atoms with E-state index >= 15 is 0 Å². The molecule has 1 fully saturated rings. The number of aromatic nitrogens is 2. The number of carbonyl (C=O) groups excluding carboxylic acids is 1. The van der Waals surface area contributed by atoms with Crippen molar-refractivity contribution in [2.45, 2.75) is 12.5 Å². The third kappa shape index (κ3) is 3.98. The molecule has 0 unspecified atom stereocenters. The molecule has 0 bridgehead atoms. The Labute approximate surface area is 174 Å². The van der Waals surface area contributed by atoms with Gasteiger partial charge in [0, 0.05) is 14.1 Å². The van der Waals surface area contributed by atoms with Crippen LogP contribution in [0.2, 0.25) is 0 Å². The monoisotopic (exact) mass is 430 g/mol. The van der Waals surface area contributed by atoms with Crippen LogP contribution in [0.4, 0.5) is 0 Å². The van der Waals surface area contributed by atoms with E-state index in [2.05, 4.69) is 5.10 Å². The first kappa shape index (κ1) is 19.8. The van der Waals surface area contributed by atoms with Gasteiger partial charge in [-0.1, -0.05) is 24.3 Å². The summed E-state index contributed by atoms with van der Waals surface area (Å²) in [6.07, 6.45) is 0.434. The average Bonchev–Trinajstić information content (AvgIpc) is 3.41. The van der Waals surface area contributed by atoms with Gasteiger partial charge in [-0.15, -0.1) is 11.3 Å². The van der Waals surface area contributed by atoms with Crippen LogP contribution in [-0.4, -0.2) is 65.8 Å². The Morgan fingerprint density at radius 2 is 1.93 bits per heavy atom. The summed E-state index contributed by atoms with van der Waals surface area (Å²) in [5.41, 5.74) is 1.89. The van der Waals surface area contributed by atoms with Crippen LogP contribution in [0.5, 0.6) is 0 Å². The molecule has 0 aliphatic carbocycles. The molecule has 1 aromatic carbocycles. The molecule has 3 heterocycles. The van der Waals surface area contributed by atoms with E-state index in [4.69, 9.17) is 0 Å². The number of para-hydroxylation sites is 1. The summed E-state index contributed by atoms with van der Waals surface area (Å²) >= 11 is 1.55. The molecule has 7 nitrogen and oxygen atoms in total. The van der Waals surface area contributed by atoms with Crippen molar-refractivity contribution in [3.8, 4) is 16.3 Å². The highest BCUT2D eigenvalue weighted by Gasteiger charge is 2.37. The van der Waals surface area contributed by atoms with Crippen LogP contribution in [0, 0.1) is 0 Å². The van der Waals surface area contributed by atoms with E-state index in [0.717, 1.165) is 10.6 Å². The normalized spacial score (nSPS) is 18.2. The van der Waals surface area contributed by atoms with Crippen molar-refractivity contribution >= 4 is 27.1 Å². The van der Waals surface area contributed by atoms with E-state index in [1.165, 1.54) is 0 Å². The zero-order valence-corrected chi connectivity index (χ0v) is 17.9. The maximum absolute atomic E-state index is 13.6. The van der Waals surface area contributed by atoms with Gasteiger partial charge in [-0.25, -0.2) is 18.1 Å². The first-order chi connectivity index (χ1) is 13.9. The number of sulfone groups is 1. The Morgan fingerprint density at radius 3 is 2.52 bits per heavy atom. The van der Waals surface area contributed by atoms with Crippen LogP contribution in [0.25, 0.3) is 16.3 Å². The summed E-state index contributed by atoms with van der Waals surface area (Å²) < 4.78 is 25.6. The Kier molecular flexibility index (Phi) is 5.28. The van der Waals surface area contributed by atoms with Crippen molar-refractivity contribution < 1.29 is 13.2 Å². The molecule has 29 heavy (non-hydrogen) atoms. The lowest BCUT2D eigenvalue weighted by atomic mass is 10.2. The van der Waals surface area contributed by atoms with Gasteiger partial charge >= 0.3 is 0 Å². The van der Waals surface area contributed by atoms with Crippen molar-refractivity contribution in [3.05, 3.63) is 59.6 Å². The fourth-order valence-corrected chi connectivity index (χ4v) is 5.98. The van der Waals surface area contributed by atoms with Gasteiger partial charge in [-0.2, -0.15) is 5.10 Å². The van der Waals surface area contributed by atoms with Crippen LogP contribution in [0.3, 0.4) is 0 Å². The summed E-state index contributed by atoms with van der Waals surface area (Å²) in [5, 5.41) is 9.86. The lowest BCUT2D eigenvalue weighted by Crippen LogP contribution is -2.49. The highest BCUT2D eigenvalue weighted by atomic mass is 32.2. The Bertz CT molecular complexity index is 1110. The first-order valence-corrected chi connectivity index (χ1v) is 12.0. The molecule has 0 spiro atoms. The van der Waals surface area contributed by atoms with Crippen molar-refractivity contribution in [2.24, 2.45) is 0 Å². The smallest absolute Gasteiger partial charge is 0.266 e. The minimum absolute atomic E-state index is 0.0197. The highest BCUT2D eigenvalue weighted by molar-refractivity contribution is 7.91. The van der Waals surface area contributed by atoms with Crippen LogP contribution >= 0.6 is 11.3 Å². The minimum atomic E-state index is -3.12. The van der Waals surface area contributed by atoms with Gasteiger partial charge in [-0.3, -0.25) is 9.80 Å². The fraction of sp³-hybridized carbons (Fsp3) is 0.300. The standard InChI is InChI=1S/C20H22N4O3S2/c1-22(2)24(16-10-12-29(26,27)14-16)20(25)18-13-17(19-9-6-11-28-19)21-23(18)15-7-4-3-5-8-15/h3-9,11,13,16H,10,12,14H2,1-2H3/t16-/m0/s1. The maximum atomic E-state index is 13.6. The Balaban J connectivity index is 1.78. The van der Waals surface area contributed by atoms with Gasteiger partial charge in [0.1, 0.15) is 11.4 Å². The predicted octanol–water partition coefficient (Wildman–Crippen LogP) is 2.71. The van der Waals surface area contributed by atoms with Gasteiger partial charge in [0.25, 0.3) is 5.91 Å². The summed E-state index contributed by atoms with van der Waals surface area (Å²) in [7, 11) is 0.389. The van der Waals surface area contributed by atoms with Crippen LogP contribution in [0.1, 0.15) is 16.9 Å². The lowest BCUT2D eigenvalue weighted by molar-refractivity contribution is 0.000188. The number of amides is 1. The molecule has 0 N–H and O–H groups in total. The molecule has 1 aliphatic rings. The SMILES string of the molecule is CN(C)N(C(=O)c1cc(-c2cccs2)nn1-c1ccccc1)[C@H]1CCS(=O)(=O)C1. The largest absolute Gasteiger partial charge is 0.287 e. The molecule has 1 aliphatic heterocycles. The van der Waals surface area contributed by atoms with Gasteiger partial charge in [0.15, 0.2) is 9.84 Å². The van der Waals surface area contributed by atoms with Gasteiger partial charge < -0.3 is 0 Å². The molecule has 9 heteroatoms. The number of rotatable bonds is 5. The van der Waals surface area contributed by atoms with E-state index in [1.54, 1.807) is 46.2 Å². The van der Waals surface area contributed by atoms with Crippen LogP contribution in [-0.2, 0) is 9.84 Å². The third-order valence-corrected chi connectivity index (χ3v) is 7.54. The number of hydrogen-bond acceptors (Lipinski definition) is 6. The van der Waals surface area contributed by atoms with E-state index in [9.17, 15) is 13.2 Å². The zero-order valence-electron chi connectivity index (χ0n) is 16.2. The zero-order chi connectivity index (χ0) is 20.6. The molecule has 1 atom stereocenters. The number of hydrazine groups is 1. The van der Waals surface area contributed by atoms with Crippen molar-refractivity contribution in [1.29, 1.82) is 0 Å². The van der Waals surface area contributed by atoms with Crippen molar-refractivity contribution in [3.63, 3.8) is 0 Å². The molecule has 4 rings (SSSR count). The van der Waals surface area contributed by atoms with Crippen LogP contribution < -0.4 is 0 Å². The number of thiophene rings is 1. The molecule has 152 valence electrons. The summed E-state index contributed by atoms with van der Waals surface area (Å²) in [6.45, 7) is 0. The van der Waals surface area contributed by atoms with Gasteiger partial charge in [-0.05, 0) is 36.1 Å². The number of carbonyl (C=O) groups is 1. The molecular formula is C20H22N4O3S2. The number of nitrogens with zero attached hydrogens (tertiary/aromatic N) is 4. The second kappa shape index (κ2) is 7.74. The molecule has 0 radical (unpaired) electrons. The van der Waals surface area contributed by atoms with Gasteiger partial charge in [0.2, 0.25) is 0 Å². The maximum Gasteiger partial charge on any atom is 0.287 e. The predicted molar refractivity (Wildman–Crippen MR) is 114 cm³/mol. The summed E-state index contributed by atoms with van der Waals surface area (Å²) in [5.74, 6) is -0.182. The second-order valence-electron chi connectivity index (χ2n) is 7.19. The summed E-state index contributed by atoms with van der Waals surface area (Å²) in [6, 6.07) is 14.8. The van der Waals surface area contributed by atoms with Crippen molar-refractivity contribution in [2.75, 3.05) is 25.6 Å². The van der Waals surface area contributed by atoms with Gasteiger partial charge in [0.05, 0.1) is 28.1 Å². The summed E-state index contributed by atoms with van der Waals surface area (Å²) in [4.78, 5) is 14.6. The average molecular weight is 431 g/mol. The molecule has 2 aromatic heterocycles.